The number of aryl methyl sites for hydroxylation is 1. The first kappa shape index (κ1) is 14.8. The molecule has 0 spiro atoms. The number of carbonyl (C=O) groups is 1. The van der Waals surface area contributed by atoms with Gasteiger partial charge in [0.15, 0.2) is 0 Å². The lowest BCUT2D eigenvalue weighted by Crippen LogP contribution is -2.13. The van der Waals surface area contributed by atoms with Crippen molar-refractivity contribution in [3.05, 3.63) is 41.3 Å². The van der Waals surface area contributed by atoms with Crippen LogP contribution in [0.15, 0.2) is 39.8 Å². The molecule has 0 radical (unpaired) electrons. The van der Waals surface area contributed by atoms with Gasteiger partial charge in [0.1, 0.15) is 5.76 Å². The zero-order valence-corrected chi connectivity index (χ0v) is 12.6. The van der Waals surface area contributed by atoms with Crippen molar-refractivity contribution in [1.82, 2.24) is 0 Å². The summed E-state index contributed by atoms with van der Waals surface area (Å²) in [6, 6.07) is 6.89. The number of rotatable bonds is 5. The van der Waals surface area contributed by atoms with E-state index in [0.29, 0.717) is 28.6 Å². The quantitative estimate of drug-likeness (QED) is 0.648. The van der Waals surface area contributed by atoms with E-state index in [4.69, 9.17) is 21.8 Å². The van der Waals surface area contributed by atoms with Crippen LogP contribution in [0.3, 0.4) is 0 Å². The number of hydrogen-bond acceptors (Lipinski definition) is 4. The van der Waals surface area contributed by atoms with E-state index in [0.717, 1.165) is 10.7 Å². The van der Waals surface area contributed by atoms with Gasteiger partial charge in [-0.1, -0.05) is 11.6 Å². The third-order valence-corrected chi connectivity index (χ3v) is 4.07. The molecule has 0 aliphatic carbocycles. The number of anilines is 2. The molecule has 1 heterocycles. The molecule has 0 atom stereocenters. The Bertz CT molecular complexity index is 613. The SMILES string of the molecule is Cc1occc1SCCC(=O)Nc1cc(Cl)ccc1N. The summed E-state index contributed by atoms with van der Waals surface area (Å²) in [5, 5.41) is 3.30. The lowest BCUT2D eigenvalue weighted by atomic mass is 10.2. The predicted molar refractivity (Wildman–Crippen MR) is 83.3 cm³/mol. The Morgan fingerprint density at radius 1 is 1.45 bits per heavy atom. The van der Waals surface area contributed by atoms with Gasteiger partial charge in [0.05, 0.1) is 17.6 Å². The van der Waals surface area contributed by atoms with Crippen molar-refractivity contribution in [3.63, 3.8) is 0 Å². The molecule has 0 fully saturated rings. The number of nitrogens with one attached hydrogen (secondary N) is 1. The van der Waals surface area contributed by atoms with E-state index in [-0.39, 0.29) is 5.91 Å². The summed E-state index contributed by atoms with van der Waals surface area (Å²) < 4.78 is 5.19. The molecule has 1 aromatic heterocycles. The van der Waals surface area contributed by atoms with E-state index in [1.165, 1.54) is 0 Å². The van der Waals surface area contributed by atoms with Crippen LogP contribution in [-0.2, 0) is 4.79 Å². The maximum Gasteiger partial charge on any atom is 0.225 e. The average molecular weight is 311 g/mol. The van der Waals surface area contributed by atoms with Crippen LogP contribution in [0, 0.1) is 6.92 Å². The fourth-order valence-corrected chi connectivity index (χ4v) is 2.71. The average Bonchev–Trinajstić information content (AvgIpc) is 2.80. The molecule has 0 bridgehead atoms. The molecule has 6 heteroatoms. The van der Waals surface area contributed by atoms with Gasteiger partial charge in [0.2, 0.25) is 5.91 Å². The first-order valence-electron chi connectivity index (χ1n) is 6.08. The van der Waals surface area contributed by atoms with Crippen LogP contribution >= 0.6 is 23.4 Å². The molecular weight excluding hydrogens is 296 g/mol. The van der Waals surface area contributed by atoms with Crippen LogP contribution in [0.5, 0.6) is 0 Å². The molecule has 1 aromatic carbocycles. The van der Waals surface area contributed by atoms with E-state index in [1.54, 1.807) is 36.2 Å². The molecule has 0 unspecified atom stereocenters. The monoisotopic (exact) mass is 310 g/mol. The van der Waals surface area contributed by atoms with Crippen molar-refractivity contribution < 1.29 is 9.21 Å². The Balaban J connectivity index is 1.84. The van der Waals surface area contributed by atoms with Gasteiger partial charge in [0, 0.05) is 22.1 Å². The molecule has 0 aliphatic heterocycles. The fraction of sp³-hybridized carbons (Fsp3) is 0.214. The Morgan fingerprint density at radius 3 is 2.95 bits per heavy atom. The van der Waals surface area contributed by atoms with Gasteiger partial charge in [-0.25, -0.2) is 0 Å². The number of furan rings is 1. The number of nitrogen functional groups attached to an aromatic ring is 1. The van der Waals surface area contributed by atoms with E-state index >= 15 is 0 Å². The predicted octanol–water partition coefficient (Wildman–Crippen LogP) is 3.94. The third-order valence-electron chi connectivity index (χ3n) is 2.69. The summed E-state index contributed by atoms with van der Waals surface area (Å²) in [5.74, 6) is 1.45. The second kappa shape index (κ2) is 6.72. The highest BCUT2D eigenvalue weighted by molar-refractivity contribution is 7.99. The highest BCUT2D eigenvalue weighted by Gasteiger charge is 2.07. The number of thioether (sulfide) groups is 1. The normalized spacial score (nSPS) is 10.5. The Hall–Kier alpha value is -1.59. The summed E-state index contributed by atoms with van der Waals surface area (Å²) in [5.41, 5.74) is 6.82. The van der Waals surface area contributed by atoms with Crippen molar-refractivity contribution in [2.45, 2.75) is 18.2 Å². The van der Waals surface area contributed by atoms with Crippen molar-refractivity contribution in [1.29, 1.82) is 0 Å². The van der Waals surface area contributed by atoms with Crippen LogP contribution < -0.4 is 11.1 Å². The lowest BCUT2D eigenvalue weighted by molar-refractivity contribution is -0.115. The zero-order chi connectivity index (χ0) is 14.5. The number of carbonyl (C=O) groups excluding carboxylic acids is 1. The number of hydrogen-bond donors (Lipinski definition) is 2. The van der Waals surface area contributed by atoms with Crippen molar-refractivity contribution >= 4 is 40.6 Å². The molecule has 106 valence electrons. The number of amides is 1. The molecule has 20 heavy (non-hydrogen) atoms. The molecule has 0 aliphatic rings. The van der Waals surface area contributed by atoms with Crippen molar-refractivity contribution in [3.8, 4) is 0 Å². The standard InChI is InChI=1S/C14H15ClN2O2S/c1-9-13(4-6-19-9)20-7-5-14(18)17-12-8-10(15)2-3-11(12)16/h2-4,6,8H,5,7,16H2,1H3,(H,17,18). The van der Waals surface area contributed by atoms with Gasteiger partial charge in [0.25, 0.3) is 0 Å². The molecule has 1 amide bonds. The maximum atomic E-state index is 11.8. The Morgan fingerprint density at radius 2 is 2.25 bits per heavy atom. The molecular formula is C14H15ClN2O2S. The molecule has 3 N–H and O–H groups in total. The van der Waals surface area contributed by atoms with Crippen LogP contribution in [0.2, 0.25) is 5.02 Å². The van der Waals surface area contributed by atoms with Crippen LogP contribution in [0.1, 0.15) is 12.2 Å². The fourth-order valence-electron chi connectivity index (χ4n) is 1.63. The summed E-state index contributed by atoms with van der Waals surface area (Å²) in [6.07, 6.45) is 2.03. The largest absolute Gasteiger partial charge is 0.468 e. The van der Waals surface area contributed by atoms with Gasteiger partial charge in [-0.15, -0.1) is 11.8 Å². The summed E-state index contributed by atoms with van der Waals surface area (Å²) in [7, 11) is 0. The summed E-state index contributed by atoms with van der Waals surface area (Å²) in [6.45, 7) is 1.90. The topological polar surface area (TPSA) is 68.3 Å². The number of benzene rings is 1. The maximum absolute atomic E-state index is 11.8. The smallest absolute Gasteiger partial charge is 0.225 e. The first-order valence-corrected chi connectivity index (χ1v) is 7.44. The lowest BCUT2D eigenvalue weighted by Gasteiger charge is -2.08. The first-order chi connectivity index (χ1) is 9.56. The Kier molecular flexibility index (Phi) is 4.98. The minimum absolute atomic E-state index is 0.0902. The minimum atomic E-state index is -0.0902. The molecule has 0 saturated heterocycles. The van der Waals surface area contributed by atoms with E-state index in [9.17, 15) is 4.79 Å². The van der Waals surface area contributed by atoms with Gasteiger partial charge < -0.3 is 15.5 Å². The van der Waals surface area contributed by atoms with Gasteiger partial charge >= 0.3 is 0 Å². The van der Waals surface area contributed by atoms with Crippen LogP contribution in [-0.4, -0.2) is 11.7 Å². The van der Waals surface area contributed by atoms with Crippen molar-refractivity contribution in [2.75, 3.05) is 16.8 Å². The second-order valence-corrected chi connectivity index (χ2v) is 5.79. The molecule has 2 rings (SSSR count). The molecule has 0 saturated carbocycles. The number of halogens is 1. The van der Waals surface area contributed by atoms with E-state index in [2.05, 4.69) is 5.32 Å². The van der Waals surface area contributed by atoms with E-state index in [1.807, 2.05) is 13.0 Å². The van der Waals surface area contributed by atoms with E-state index < -0.39 is 0 Å². The highest BCUT2D eigenvalue weighted by atomic mass is 35.5. The zero-order valence-electron chi connectivity index (χ0n) is 11.0. The van der Waals surface area contributed by atoms with Gasteiger partial charge in [-0.2, -0.15) is 0 Å². The molecule has 4 nitrogen and oxygen atoms in total. The molecule has 2 aromatic rings. The third kappa shape index (κ3) is 3.95. The minimum Gasteiger partial charge on any atom is -0.468 e. The summed E-state index contributed by atoms with van der Waals surface area (Å²) >= 11 is 7.46. The van der Waals surface area contributed by atoms with Crippen LogP contribution in [0.25, 0.3) is 0 Å². The second-order valence-electron chi connectivity index (χ2n) is 4.22. The Labute approximate surface area is 126 Å². The van der Waals surface area contributed by atoms with Crippen LogP contribution in [0.4, 0.5) is 11.4 Å². The van der Waals surface area contributed by atoms with Crippen molar-refractivity contribution in [2.24, 2.45) is 0 Å². The summed E-state index contributed by atoms with van der Waals surface area (Å²) in [4.78, 5) is 12.9. The number of nitrogens with two attached hydrogens (primary N) is 1. The van der Waals surface area contributed by atoms with Gasteiger partial charge in [-0.05, 0) is 31.2 Å². The highest BCUT2D eigenvalue weighted by Crippen LogP contribution is 2.25. The van der Waals surface area contributed by atoms with Gasteiger partial charge in [-0.3, -0.25) is 4.79 Å².